The number of ketones is 1. The van der Waals surface area contributed by atoms with Crippen LogP contribution in [0.1, 0.15) is 40.2 Å². The minimum Gasteiger partial charge on any atom is -0.312 e. The van der Waals surface area contributed by atoms with Crippen molar-refractivity contribution in [2.75, 3.05) is 16.8 Å². The Bertz CT molecular complexity index is 1000. The summed E-state index contributed by atoms with van der Waals surface area (Å²) in [6.45, 7) is -0.0179. The summed E-state index contributed by atoms with van der Waals surface area (Å²) in [4.78, 5) is 42.8. The van der Waals surface area contributed by atoms with Crippen LogP contribution >= 0.6 is 11.3 Å². The number of hydrogen-bond acceptors (Lipinski definition) is 5. The van der Waals surface area contributed by atoms with E-state index in [0.29, 0.717) is 28.5 Å². The van der Waals surface area contributed by atoms with Gasteiger partial charge in [0.2, 0.25) is 11.8 Å². The maximum absolute atomic E-state index is 12.9. The van der Waals surface area contributed by atoms with Crippen LogP contribution in [0.3, 0.4) is 0 Å². The number of aromatic nitrogens is 1. The van der Waals surface area contributed by atoms with Crippen molar-refractivity contribution in [3.8, 4) is 0 Å². The largest absolute Gasteiger partial charge is 0.416 e. The van der Waals surface area contributed by atoms with Gasteiger partial charge in [-0.1, -0.05) is 17.4 Å². The summed E-state index contributed by atoms with van der Waals surface area (Å²) in [5.74, 6) is -1.56. The number of amides is 2. The highest BCUT2D eigenvalue weighted by atomic mass is 32.1. The number of fused-ring (bicyclic) bond motifs is 1. The molecule has 2 aromatic rings. The molecule has 4 rings (SSSR count). The van der Waals surface area contributed by atoms with Gasteiger partial charge in [-0.05, 0) is 31.0 Å². The SMILES string of the molecule is O=C1CCCc2nc(NC(=O)C3CC(=O)N(c4cccc(C(F)(F)F)c4)C3)sc21. The van der Waals surface area contributed by atoms with E-state index in [1.165, 1.54) is 17.0 Å². The minimum absolute atomic E-state index is 0.0102. The molecule has 1 N–H and O–H groups in total. The van der Waals surface area contributed by atoms with E-state index >= 15 is 0 Å². The lowest BCUT2D eigenvalue weighted by Crippen LogP contribution is -2.28. The Hall–Kier alpha value is -2.75. The van der Waals surface area contributed by atoms with Crippen LogP contribution < -0.4 is 10.2 Å². The first-order valence-electron chi connectivity index (χ1n) is 9.04. The highest BCUT2D eigenvalue weighted by Crippen LogP contribution is 2.34. The Morgan fingerprint density at radius 3 is 2.76 bits per heavy atom. The van der Waals surface area contributed by atoms with Crippen molar-refractivity contribution >= 4 is 39.8 Å². The van der Waals surface area contributed by atoms with Gasteiger partial charge in [0.25, 0.3) is 0 Å². The Kier molecular flexibility index (Phi) is 4.89. The summed E-state index contributed by atoms with van der Waals surface area (Å²) in [6, 6.07) is 4.47. The topological polar surface area (TPSA) is 79.4 Å². The molecule has 2 aliphatic rings. The zero-order valence-corrected chi connectivity index (χ0v) is 15.9. The van der Waals surface area contributed by atoms with Crippen LogP contribution in [0.15, 0.2) is 24.3 Å². The molecule has 1 unspecified atom stereocenters. The van der Waals surface area contributed by atoms with Crippen molar-refractivity contribution in [2.24, 2.45) is 5.92 Å². The molecule has 0 bridgehead atoms. The summed E-state index contributed by atoms with van der Waals surface area (Å²) >= 11 is 1.12. The van der Waals surface area contributed by atoms with Crippen molar-refractivity contribution in [1.82, 2.24) is 4.98 Å². The van der Waals surface area contributed by atoms with E-state index in [9.17, 15) is 27.6 Å². The lowest BCUT2D eigenvalue weighted by molar-refractivity contribution is -0.137. The average molecular weight is 423 g/mol. The molecule has 1 saturated heterocycles. The summed E-state index contributed by atoms with van der Waals surface area (Å²) < 4.78 is 38.8. The number of carbonyl (C=O) groups is 3. The van der Waals surface area contributed by atoms with Crippen LogP contribution in [0.5, 0.6) is 0 Å². The Labute approximate surface area is 167 Å². The van der Waals surface area contributed by atoms with Crippen LogP contribution in [0.25, 0.3) is 0 Å². The molecule has 29 heavy (non-hydrogen) atoms. The summed E-state index contributed by atoms with van der Waals surface area (Å²) in [5.41, 5.74) is -0.0705. The molecule has 2 amide bonds. The van der Waals surface area contributed by atoms with Crippen LogP contribution in [0, 0.1) is 5.92 Å². The molecule has 0 radical (unpaired) electrons. The number of carbonyl (C=O) groups excluding carboxylic acids is 3. The lowest BCUT2D eigenvalue weighted by atomic mass is 10.0. The Morgan fingerprint density at radius 1 is 1.24 bits per heavy atom. The molecule has 1 aromatic carbocycles. The minimum atomic E-state index is -4.52. The van der Waals surface area contributed by atoms with E-state index < -0.39 is 29.5 Å². The number of aryl methyl sites for hydroxylation is 1. The number of rotatable bonds is 3. The third-order valence-corrected chi connectivity index (χ3v) is 6.03. The van der Waals surface area contributed by atoms with Gasteiger partial charge >= 0.3 is 6.18 Å². The van der Waals surface area contributed by atoms with Crippen LogP contribution in [-0.2, 0) is 22.2 Å². The van der Waals surface area contributed by atoms with E-state index in [-0.39, 0.29) is 24.4 Å². The van der Waals surface area contributed by atoms with Crippen molar-refractivity contribution in [3.63, 3.8) is 0 Å². The quantitative estimate of drug-likeness (QED) is 0.817. The number of Topliss-reactive ketones (excluding diaryl/α,β-unsaturated/α-hetero) is 1. The fourth-order valence-corrected chi connectivity index (χ4v) is 4.49. The third kappa shape index (κ3) is 3.89. The highest BCUT2D eigenvalue weighted by Gasteiger charge is 2.37. The molecule has 1 aliphatic carbocycles. The van der Waals surface area contributed by atoms with Crippen LogP contribution in [0.4, 0.5) is 24.0 Å². The van der Waals surface area contributed by atoms with Gasteiger partial charge in [0, 0.05) is 25.1 Å². The van der Waals surface area contributed by atoms with Crippen molar-refractivity contribution in [3.05, 3.63) is 40.4 Å². The molecular weight excluding hydrogens is 407 g/mol. The molecule has 6 nitrogen and oxygen atoms in total. The maximum Gasteiger partial charge on any atom is 0.416 e. The van der Waals surface area contributed by atoms with E-state index in [1.807, 2.05) is 0 Å². The second kappa shape index (κ2) is 7.25. The fraction of sp³-hybridized carbons (Fsp3) is 0.368. The summed E-state index contributed by atoms with van der Waals surface area (Å²) in [7, 11) is 0. The van der Waals surface area contributed by atoms with E-state index in [1.54, 1.807) is 0 Å². The zero-order chi connectivity index (χ0) is 20.8. The smallest absolute Gasteiger partial charge is 0.312 e. The van der Waals surface area contributed by atoms with Crippen molar-refractivity contribution in [2.45, 2.75) is 31.9 Å². The molecule has 1 fully saturated rings. The van der Waals surface area contributed by atoms with Gasteiger partial charge in [0.05, 0.1) is 22.1 Å². The number of nitrogens with one attached hydrogen (secondary N) is 1. The summed E-state index contributed by atoms with van der Waals surface area (Å²) in [5, 5.41) is 2.95. The predicted octanol–water partition coefficient (Wildman–Crippen LogP) is 3.67. The van der Waals surface area contributed by atoms with Gasteiger partial charge in [0.15, 0.2) is 10.9 Å². The van der Waals surface area contributed by atoms with Gasteiger partial charge in [0.1, 0.15) is 0 Å². The second-order valence-electron chi connectivity index (χ2n) is 7.01. The first-order valence-corrected chi connectivity index (χ1v) is 9.85. The van der Waals surface area contributed by atoms with Crippen molar-refractivity contribution in [1.29, 1.82) is 0 Å². The van der Waals surface area contributed by atoms with E-state index in [0.717, 1.165) is 29.9 Å². The van der Waals surface area contributed by atoms with Gasteiger partial charge in [-0.15, -0.1) is 0 Å². The third-order valence-electron chi connectivity index (χ3n) is 4.98. The molecule has 0 saturated carbocycles. The number of benzene rings is 1. The normalized spacial score (nSPS) is 19.4. The highest BCUT2D eigenvalue weighted by molar-refractivity contribution is 7.17. The Balaban J connectivity index is 1.47. The number of hydrogen-bond donors (Lipinski definition) is 1. The first kappa shape index (κ1) is 19.6. The molecular formula is C19H16F3N3O3S. The molecule has 0 spiro atoms. The monoisotopic (exact) mass is 423 g/mol. The standard InChI is InChI=1S/C19H16F3N3O3S/c20-19(21,22)11-3-1-4-12(8-11)25-9-10(7-15(25)27)17(28)24-18-23-13-5-2-6-14(26)16(13)29-18/h1,3-4,8,10H,2,5-7,9H2,(H,23,24,28). The van der Waals surface area contributed by atoms with E-state index in [4.69, 9.17) is 0 Å². The van der Waals surface area contributed by atoms with Gasteiger partial charge < -0.3 is 10.2 Å². The number of anilines is 2. The molecule has 1 atom stereocenters. The molecule has 1 aliphatic heterocycles. The molecule has 2 heterocycles. The zero-order valence-electron chi connectivity index (χ0n) is 15.1. The summed E-state index contributed by atoms with van der Waals surface area (Å²) in [6.07, 6.45) is -2.75. The second-order valence-corrected chi connectivity index (χ2v) is 8.01. The van der Waals surface area contributed by atoms with E-state index in [2.05, 4.69) is 10.3 Å². The Morgan fingerprint density at radius 2 is 2.03 bits per heavy atom. The number of thiazole rings is 1. The van der Waals surface area contributed by atoms with Crippen LogP contribution in [0.2, 0.25) is 0 Å². The predicted molar refractivity (Wildman–Crippen MR) is 99.9 cm³/mol. The first-order chi connectivity index (χ1) is 13.7. The fourth-order valence-electron chi connectivity index (χ4n) is 3.51. The van der Waals surface area contributed by atoms with Gasteiger partial charge in [-0.2, -0.15) is 13.2 Å². The molecule has 1 aromatic heterocycles. The maximum atomic E-state index is 12.9. The van der Waals surface area contributed by atoms with Gasteiger partial charge in [-0.25, -0.2) is 4.98 Å². The van der Waals surface area contributed by atoms with Gasteiger partial charge in [-0.3, -0.25) is 14.4 Å². The molecule has 10 heteroatoms. The number of nitrogens with zero attached hydrogens (tertiary/aromatic N) is 2. The number of halogens is 3. The van der Waals surface area contributed by atoms with Crippen molar-refractivity contribution < 1.29 is 27.6 Å². The number of alkyl halides is 3. The van der Waals surface area contributed by atoms with Crippen LogP contribution in [-0.4, -0.2) is 29.1 Å². The lowest BCUT2D eigenvalue weighted by Gasteiger charge is -2.18. The molecule has 152 valence electrons. The average Bonchev–Trinajstić information content (AvgIpc) is 3.25.